The lowest BCUT2D eigenvalue weighted by Crippen LogP contribution is -2.43. The van der Waals surface area contributed by atoms with Gasteiger partial charge in [0, 0.05) is 24.0 Å². The summed E-state index contributed by atoms with van der Waals surface area (Å²) in [4.78, 5) is 4.31. The average molecular weight is 307 g/mol. The van der Waals surface area contributed by atoms with Gasteiger partial charge in [-0.15, -0.1) is 11.3 Å². The average Bonchev–Trinajstić information content (AvgIpc) is 2.84. The van der Waals surface area contributed by atoms with Crippen LogP contribution in [0.5, 0.6) is 0 Å². The molecule has 1 unspecified atom stereocenters. The van der Waals surface area contributed by atoms with E-state index in [-0.39, 0.29) is 0 Å². The summed E-state index contributed by atoms with van der Waals surface area (Å²) in [7, 11) is 0. The summed E-state index contributed by atoms with van der Waals surface area (Å²) in [5, 5.41) is 6.12. The van der Waals surface area contributed by atoms with E-state index >= 15 is 0 Å². The molecule has 1 aliphatic heterocycles. The molecule has 2 aliphatic rings. The molecule has 2 fully saturated rings. The fourth-order valence-electron chi connectivity index (χ4n) is 4.04. The van der Waals surface area contributed by atoms with Gasteiger partial charge in [0.15, 0.2) is 0 Å². The van der Waals surface area contributed by atoms with E-state index in [1.807, 2.05) is 11.3 Å². The van der Waals surface area contributed by atoms with Gasteiger partial charge in [-0.05, 0) is 61.7 Å². The van der Waals surface area contributed by atoms with E-state index in [1.165, 1.54) is 71.1 Å². The molecule has 2 nitrogen and oxygen atoms in total. The Morgan fingerprint density at radius 1 is 1.24 bits per heavy atom. The van der Waals surface area contributed by atoms with Crippen LogP contribution in [-0.2, 0) is 13.0 Å². The zero-order valence-corrected chi connectivity index (χ0v) is 14.3. The van der Waals surface area contributed by atoms with Crippen LogP contribution in [0.3, 0.4) is 0 Å². The number of hydrogen-bond acceptors (Lipinski definition) is 3. The van der Waals surface area contributed by atoms with Crippen molar-refractivity contribution in [2.75, 3.05) is 19.6 Å². The Kier molecular flexibility index (Phi) is 5.73. The van der Waals surface area contributed by atoms with Gasteiger partial charge < -0.3 is 5.32 Å². The predicted octanol–water partition coefficient (Wildman–Crippen LogP) is 4.05. The molecule has 21 heavy (non-hydrogen) atoms. The highest BCUT2D eigenvalue weighted by atomic mass is 32.1. The third kappa shape index (κ3) is 4.08. The van der Waals surface area contributed by atoms with E-state index in [0.29, 0.717) is 0 Å². The van der Waals surface area contributed by atoms with Crippen LogP contribution >= 0.6 is 11.3 Å². The summed E-state index contributed by atoms with van der Waals surface area (Å²) in [6.07, 6.45) is 9.74. The molecule has 118 valence electrons. The molecule has 1 aromatic heterocycles. The van der Waals surface area contributed by atoms with E-state index in [9.17, 15) is 0 Å². The molecule has 0 spiro atoms. The SMILES string of the molecule is CCc1ccsc1CN1CCCNC(C2CCCCC2)C1. The van der Waals surface area contributed by atoms with Crippen LogP contribution in [0, 0.1) is 5.92 Å². The standard InChI is InChI=1S/C18H30N2S/c1-2-15-9-12-21-18(15)14-20-11-6-10-19-17(13-20)16-7-4-3-5-8-16/h9,12,16-17,19H,2-8,10-11,13-14H2,1H3. The lowest BCUT2D eigenvalue weighted by Gasteiger charge is -2.33. The molecule has 1 saturated carbocycles. The Balaban J connectivity index is 1.61. The first kappa shape index (κ1) is 15.5. The lowest BCUT2D eigenvalue weighted by atomic mass is 9.83. The summed E-state index contributed by atoms with van der Waals surface area (Å²) in [5.41, 5.74) is 1.56. The first-order valence-corrected chi connectivity index (χ1v) is 9.75. The molecule has 1 aromatic rings. The quantitative estimate of drug-likeness (QED) is 0.902. The normalized spacial score (nSPS) is 25.9. The maximum atomic E-state index is 3.85. The largest absolute Gasteiger partial charge is 0.312 e. The van der Waals surface area contributed by atoms with E-state index < -0.39 is 0 Å². The van der Waals surface area contributed by atoms with Crippen molar-refractivity contribution in [2.45, 2.75) is 64.5 Å². The molecule has 0 aromatic carbocycles. The highest BCUT2D eigenvalue weighted by Crippen LogP contribution is 2.28. The summed E-state index contributed by atoms with van der Waals surface area (Å²) < 4.78 is 0. The minimum absolute atomic E-state index is 0.734. The number of nitrogens with zero attached hydrogens (tertiary/aromatic N) is 1. The van der Waals surface area contributed by atoms with Crippen LogP contribution < -0.4 is 5.32 Å². The van der Waals surface area contributed by atoms with Gasteiger partial charge in [0.2, 0.25) is 0 Å². The highest BCUT2D eigenvalue weighted by Gasteiger charge is 2.27. The van der Waals surface area contributed by atoms with Crippen LogP contribution in [0.15, 0.2) is 11.4 Å². The van der Waals surface area contributed by atoms with Crippen molar-refractivity contribution in [3.05, 3.63) is 21.9 Å². The molecular formula is C18H30N2S. The van der Waals surface area contributed by atoms with E-state index in [4.69, 9.17) is 0 Å². The van der Waals surface area contributed by atoms with Crippen LogP contribution in [-0.4, -0.2) is 30.6 Å². The maximum Gasteiger partial charge on any atom is 0.0331 e. The first-order valence-electron chi connectivity index (χ1n) is 8.88. The van der Waals surface area contributed by atoms with E-state index in [1.54, 1.807) is 10.4 Å². The molecular weight excluding hydrogens is 276 g/mol. The Morgan fingerprint density at radius 3 is 2.90 bits per heavy atom. The fourth-order valence-corrected chi connectivity index (χ4v) is 5.06. The Labute approximate surface area is 133 Å². The van der Waals surface area contributed by atoms with Crippen molar-refractivity contribution in [3.8, 4) is 0 Å². The number of nitrogens with one attached hydrogen (secondary N) is 1. The summed E-state index contributed by atoms with van der Waals surface area (Å²) in [5.74, 6) is 0.924. The highest BCUT2D eigenvalue weighted by molar-refractivity contribution is 7.10. The van der Waals surface area contributed by atoms with Crippen molar-refractivity contribution in [3.63, 3.8) is 0 Å². The molecule has 0 bridgehead atoms. The van der Waals surface area contributed by atoms with Crippen LogP contribution in [0.2, 0.25) is 0 Å². The first-order chi connectivity index (χ1) is 10.4. The number of thiophene rings is 1. The second-order valence-corrected chi connectivity index (χ2v) is 7.77. The lowest BCUT2D eigenvalue weighted by molar-refractivity contribution is 0.202. The van der Waals surface area contributed by atoms with Crippen molar-refractivity contribution in [1.29, 1.82) is 0 Å². The van der Waals surface area contributed by atoms with E-state index in [0.717, 1.165) is 12.0 Å². The van der Waals surface area contributed by atoms with Gasteiger partial charge >= 0.3 is 0 Å². The van der Waals surface area contributed by atoms with Crippen LogP contribution in [0.25, 0.3) is 0 Å². The monoisotopic (exact) mass is 306 g/mol. The Bertz CT molecular complexity index is 423. The molecule has 3 rings (SSSR count). The van der Waals surface area contributed by atoms with Crippen molar-refractivity contribution < 1.29 is 0 Å². The van der Waals surface area contributed by atoms with Crippen molar-refractivity contribution >= 4 is 11.3 Å². The Morgan fingerprint density at radius 2 is 2.10 bits per heavy atom. The van der Waals surface area contributed by atoms with E-state index in [2.05, 4.69) is 28.6 Å². The third-order valence-electron chi connectivity index (χ3n) is 5.32. The van der Waals surface area contributed by atoms with Crippen LogP contribution in [0.4, 0.5) is 0 Å². The third-order valence-corrected chi connectivity index (χ3v) is 6.27. The molecule has 1 N–H and O–H groups in total. The minimum atomic E-state index is 0.734. The second kappa shape index (κ2) is 7.75. The maximum absolute atomic E-state index is 3.85. The summed E-state index contributed by atoms with van der Waals surface area (Å²) in [6.45, 7) is 7.18. The molecule has 0 amide bonds. The van der Waals surface area contributed by atoms with Gasteiger partial charge in [-0.2, -0.15) is 0 Å². The smallest absolute Gasteiger partial charge is 0.0331 e. The summed E-state index contributed by atoms with van der Waals surface area (Å²) in [6, 6.07) is 3.05. The van der Waals surface area contributed by atoms with Crippen LogP contribution in [0.1, 0.15) is 55.9 Å². The van der Waals surface area contributed by atoms with Gasteiger partial charge in [0.25, 0.3) is 0 Å². The van der Waals surface area contributed by atoms with Gasteiger partial charge in [-0.25, -0.2) is 0 Å². The molecule has 3 heteroatoms. The number of hydrogen-bond donors (Lipinski definition) is 1. The van der Waals surface area contributed by atoms with Crippen molar-refractivity contribution in [2.24, 2.45) is 5.92 Å². The molecule has 0 radical (unpaired) electrons. The topological polar surface area (TPSA) is 15.3 Å². The molecule has 2 heterocycles. The molecule has 1 atom stereocenters. The van der Waals surface area contributed by atoms with Gasteiger partial charge in [0.1, 0.15) is 0 Å². The molecule has 1 aliphatic carbocycles. The zero-order chi connectivity index (χ0) is 14.5. The summed E-state index contributed by atoms with van der Waals surface area (Å²) >= 11 is 1.95. The minimum Gasteiger partial charge on any atom is -0.312 e. The van der Waals surface area contributed by atoms with Gasteiger partial charge in [-0.3, -0.25) is 4.90 Å². The fraction of sp³-hybridized carbons (Fsp3) is 0.778. The zero-order valence-electron chi connectivity index (χ0n) is 13.4. The van der Waals surface area contributed by atoms with Crippen molar-refractivity contribution in [1.82, 2.24) is 10.2 Å². The number of rotatable bonds is 4. The predicted molar refractivity (Wildman–Crippen MR) is 92.0 cm³/mol. The number of aryl methyl sites for hydroxylation is 1. The van der Waals surface area contributed by atoms with Gasteiger partial charge in [-0.1, -0.05) is 26.2 Å². The molecule has 1 saturated heterocycles. The Hall–Kier alpha value is -0.380. The second-order valence-electron chi connectivity index (χ2n) is 6.77. The van der Waals surface area contributed by atoms with Gasteiger partial charge in [0.05, 0.1) is 0 Å².